The van der Waals surface area contributed by atoms with Crippen molar-refractivity contribution in [3.63, 3.8) is 0 Å². The lowest BCUT2D eigenvalue weighted by Crippen LogP contribution is -2.50. The molecule has 1 aromatic rings. The Morgan fingerprint density at radius 1 is 1.37 bits per heavy atom. The summed E-state index contributed by atoms with van der Waals surface area (Å²) in [4.78, 5) is 19.4. The van der Waals surface area contributed by atoms with Crippen molar-refractivity contribution in [2.24, 2.45) is 5.41 Å². The van der Waals surface area contributed by atoms with Gasteiger partial charge in [0.2, 0.25) is 5.88 Å². The molecule has 0 spiro atoms. The Morgan fingerprint density at radius 2 is 2.00 bits per heavy atom. The van der Waals surface area contributed by atoms with Crippen molar-refractivity contribution in [3.8, 4) is 5.88 Å². The molecule has 0 saturated heterocycles. The molecule has 0 aromatic carbocycles. The van der Waals surface area contributed by atoms with Crippen LogP contribution in [0.5, 0.6) is 5.88 Å². The second-order valence-corrected chi connectivity index (χ2v) is 5.35. The van der Waals surface area contributed by atoms with Gasteiger partial charge in [0.05, 0.1) is 12.0 Å². The molecule has 0 aliphatic rings. The summed E-state index contributed by atoms with van der Waals surface area (Å²) in [5.74, 6) is 0.130. The molecule has 0 aliphatic carbocycles. The topological polar surface area (TPSA) is 84.3 Å². The van der Waals surface area contributed by atoms with Gasteiger partial charge < -0.3 is 15.2 Å². The Labute approximate surface area is 113 Å². The van der Waals surface area contributed by atoms with Crippen molar-refractivity contribution < 1.29 is 14.6 Å². The van der Waals surface area contributed by atoms with Crippen molar-refractivity contribution in [1.82, 2.24) is 9.97 Å². The number of carboxylic acid groups (broad SMARTS) is 1. The smallest absolute Gasteiger partial charge is 0.311 e. The lowest BCUT2D eigenvalue weighted by molar-refractivity contribution is -0.149. The number of carboxylic acids is 1. The second-order valence-electron chi connectivity index (χ2n) is 5.35. The number of carbonyl (C=O) groups is 1. The van der Waals surface area contributed by atoms with Crippen LogP contribution in [0.4, 0.5) is 5.82 Å². The molecule has 2 N–H and O–H groups in total. The maximum absolute atomic E-state index is 11.3. The predicted molar refractivity (Wildman–Crippen MR) is 72.3 cm³/mol. The van der Waals surface area contributed by atoms with Gasteiger partial charge in [0.25, 0.3) is 0 Å². The minimum Gasteiger partial charge on any atom is -0.481 e. The molecule has 1 aromatic heterocycles. The van der Waals surface area contributed by atoms with Crippen LogP contribution in [0.25, 0.3) is 0 Å². The van der Waals surface area contributed by atoms with E-state index < -0.39 is 16.9 Å². The lowest BCUT2D eigenvalue weighted by atomic mass is 9.74. The summed E-state index contributed by atoms with van der Waals surface area (Å²) in [6, 6.07) is 1.66. The zero-order valence-corrected chi connectivity index (χ0v) is 12.0. The van der Waals surface area contributed by atoms with E-state index in [1.54, 1.807) is 19.9 Å². The van der Waals surface area contributed by atoms with Gasteiger partial charge in [0.1, 0.15) is 12.1 Å². The molecule has 0 radical (unpaired) electrons. The molecular formula is C13H21N3O3. The molecule has 1 heterocycles. The van der Waals surface area contributed by atoms with Crippen molar-refractivity contribution in [1.29, 1.82) is 0 Å². The van der Waals surface area contributed by atoms with Crippen LogP contribution in [0, 0.1) is 5.41 Å². The minimum absolute atomic E-state index is 0.462. The monoisotopic (exact) mass is 267 g/mol. The van der Waals surface area contributed by atoms with E-state index in [9.17, 15) is 9.90 Å². The van der Waals surface area contributed by atoms with Crippen LogP contribution in [-0.4, -0.2) is 33.2 Å². The Kier molecular flexibility index (Phi) is 4.34. The normalized spacial score (nSPS) is 12.1. The predicted octanol–water partition coefficient (Wildman–Crippen LogP) is 2.18. The molecule has 6 nitrogen and oxygen atoms in total. The summed E-state index contributed by atoms with van der Waals surface area (Å²) in [6.45, 7) is 9.38. The second kappa shape index (κ2) is 5.42. The quantitative estimate of drug-likeness (QED) is 0.821. The zero-order valence-electron chi connectivity index (χ0n) is 12.0. The molecule has 0 atom stereocenters. The molecular weight excluding hydrogens is 246 g/mol. The van der Waals surface area contributed by atoms with Crippen molar-refractivity contribution in [2.75, 3.05) is 11.9 Å². The minimum atomic E-state index is -0.955. The van der Waals surface area contributed by atoms with Crippen LogP contribution >= 0.6 is 0 Å². The van der Waals surface area contributed by atoms with Gasteiger partial charge in [-0.15, -0.1) is 0 Å². The number of nitrogens with zero attached hydrogens (tertiary/aromatic N) is 2. The maximum atomic E-state index is 11.3. The SMILES string of the molecule is CCOc1cc(NC(C)(C)C(C)(C)C(=O)O)ncn1. The van der Waals surface area contributed by atoms with E-state index in [1.807, 2.05) is 20.8 Å². The molecule has 106 valence electrons. The van der Waals surface area contributed by atoms with Gasteiger partial charge >= 0.3 is 5.97 Å². The highest BCUT2D eigenvalue weighted by Gasteiger charge is 2.43. The zero-order chi connectivity index (χ0) is 14.7. The molecule has 0 fully saturated rings. The fourth-order valence-corrected chi connectivity index (χ4v) is 1.38. The number of anilines is 1. The summed E-state index contributed by atoms with van der Waals surface area (Å²) in [5.41, 5.74) is -1.64. The number of aromatic nitrogens is 2. The number of hydrogen-bond donors (Lipinski definition) is 2. The average molecular weight is 267 g/mol. The van der Waals surface area contributed by atoms with Crippen molar-refractivity contribution in [3.05, 3.63) is 12.4 Å². The van der Waals surface area contributed by atoms with Gasteiger partial charge in [-0.2, -0.15) is 0 Å². The van der Waals surface area contributed by atoms with Gasteiger partial charge in [-0.05, 0) is 34.6 Å². The Balaban J connectivity index is 2.95. The maximum Gasteiger partial charge on any atom is 0.311 e. The highest BCUT2D eigenvalue weighted by molar-refractivity contribution is 5.76. The standard InChI is InChI=1S/C13H21N3O3/c1-6-19-10-7-9(14-8-15-10)16-13(4,5)12(2,3)11(17)18/h7-8H,6H2,1-5H3,(H,17,18)(H,14,15,16). The third-order valence-corrected chi connectivity index (χ3v) is 3.47. The molecule has 19 heavy (non-hydrogen) atoms. The Bertz CT molecular complexity index is 458. The van der Waals surface area contributed by atoms with Gasteiger partial charge in [0.15, 0.2) is 0 Å². The molecule has 0 aliphatic heterocycles. The van der Waals surface area contributed by atoms with Crippen LogP contribution in [0.15, 0.2) is 12.4 Å². The van der Waals surface area contributed by atoms with Crippen LogP contribution in [0.2, 0.25) is 0 Å². The number of ether oxygens (including phenoxy) is 1. The molecule has 1 rings (SSSR count). The van der Waals surface area contributed by atoms with Crippen LogP contribution in [0.1, 0.15) is 34.6 Å². The first-order valence-electron chi connectivity index (χ1n) is 6.17. The van der Waals surface area contributed by atoms with Gasteiger partial charge in [-0.1, -0.05) is 0 Å². The van der Waals surface area contributed by atoms with E-state index in [2.05, 4.69) is 15.3 Å². The largest absolute Gasteiger partial charge is 0.481 e. The van der Waals surface area contributed by atoms with Crippen LogP contribution in [0.3, 0.4) is 0 Å². The van der Waals surface area contributed by atoms with E-state index in [0.29, 0.717) is 18.3 Å². The number of aliphatic carboxylic acids is 1. The van der Waals surface area contributed by atoms with E-state index in [1.165, 1.54) is 6.33 Å². The van der Waals surface area contributed by atoms with Gasteiger partial charge in [-0.3, -0.25) is 4.79 Å². The summed E-state index contributed by atoms with van der Waals surface area (Å²) >= 11 is 0. The molecule has 0 amide bonds. The van der Waals surface area contributed by atoms with Gasteiger partial charge in [-0.25, -0.2) is 9.97 Å². The molecule has 0 unspecified atom stereocenters. The molecule has 0 bridgehead atoms. The lowest BCUT2D eigenvalue weighted by Gasteiger charge is -2.39. The fourth-order valence-electron chi connectivity index (χ4n) is 1.38. The first-order chi connectivity index (χ1) is 8.70. The van der Waals surface area contributed by atoms with E-state index in [0.717, 1.165) is 0 Å². The summed E-state index contributed by atoms with van der Waals surface area (Å²) in [5, 5.41) is 12.4. The van der Waals surface area contributed by atoms with Crippen molar-refractivity contribution >= 4 is 11.8 Å². The van der Waals surface area contributed by atoms with E-state index >= 15 is 0 Å². The highest BCUT2D eigenvalue weighted by atomic mass is 16.5. The average Bonchev–Trinajstić information content (AvgIpc) is 2.28. The third-order valence-electron chi connectivity index (χ3n) is 3.47. The number of hydrogen-bond acceptors (Lipinski definition) is 5. The van der Waals surface area contributed by atoms with E-state index in [4.69, 9.17) is 4.74 Å². The Morgan fingerprint density at radius 3 is 2.53 bits per heavy atom. The summed E-state index contributed by atoms with van der Waals surface area (Å²) in [6.07, 6.45) is 1.39. The van der Waals surface area contributed by atoms with Crippen LogP contribution in [-0.2, 0) is 4.79 Å². The number of nitrogens with one attached hydrogen (secondary N) is 1. The third kappa shape index (κ3) is 3.33. The highest BCUT2D eigenvalue weighted by Crippen LogP contribution is 2.33. The van der Waals surface area contributed by atoms with Gasteiger partial charge in [0, 0.05) is 11.6 Å². The Hall–Kier alpha value is -1.85. The first kappa shape index (κ1) is 15.2. The first-order valence-corrected chi connectivity index (χ1v) is 6.17. The van der Waals surface area contributed by atoms with Crippen LogP contribution < -0.4 is 10.1 Å². The molecule has 6 heteroatoms. The summed E-state index contributed by atoms with van der Waals surface area (Å²) in [7, 11) is 0. The summed E-state index contributed by atoms with van der Waals surface area (Å²) < 4.78 is 5.29. The number of rotatable bonds is 6. The fraction of sp³-hybridized carbons (Fsp3) is 0.615. The molecule has 0 saturated carbocycles. The van der Waals surface area contributed by atoms with Crippen molar-refractivity contribution in [2.45, 2.75) is 40.2 Å². The van der Waals surface area contributed by atoms with E-state index in [-0.39, 0.29) is 0 Å².